The number of imidazole rings is 1. The monoisotopic (exact) mass is 702 g/mol. The van der Waals surface area contributed by atoms with Gasteiger partial charge in [0, 0.05) is 23.2 Å². The quantitative estimate of drug-likeness (QED) is 0.0915. The molecule has 262 valence electrons. The number of phenolic OH excluding ortho intramolecular Hbond substituents is 3. The molecule has 0 spiro atoms. The molecule has 0 aliphatic carbocycles. The molecule has 1 aromatic heterocycles. The van der Waals surface area contributed by atoms with Gasteiger partial charge in [-0.25, -0.2) is 4.98 Å². The van der Waals surface area contributed by atoms with Crippen molar-refractivity contribution in [2.45, 2.75) is 27.2 Å². The average molecular weight is 703 g/mol. The van der Waals surface area contributed by atoms with Gasteiger partial charge in [0.1, 0.15) is 11.6 Å². The Labute approximate surface area is 313 Å². The molecule has 3 N–H and O–H groups in total. The van der Waals surface area contributed by atoms with Crippen molar-refractivity contribution < 1.29 is 15.3 Å². The van der Waals surface area contributed by atoms with Gasteiger partial charge >= 0.3 is 0 Å². The van der Waals surface area contributed by atoms with E-state index in [1.165, 1.54) is 0 Å². The van der Waals surface area contributed by atoms with Crippen LogP contribution >= 0.6 is 0 Å². The van der Waals surface area contributed by atoms with Crippen LogP contribution in [0.25, 0.3) is 82.8 Å². The van der Waals surface area contributed by atoms with E-state index < -0.39 is 0 Å². The van der Waals surface area contributed by atoms with E-state index in [1.54, 1.807) is 13.8 Å². The minimum Gasteiger partial charge on any atom is -0.507 e. The standard InChI is InChI=1S/C49H38N2O3/c1-4-43-50-41-22-10-11-23-42(41)51(43)36-19-13-17-33(27-36)32-16-12-18-35(26-32)44-37-20-8-9-21-38(37)45(46-47(52)29(2)30(3)48(53)49(46)54)40-28-34(24-25-39(40)44)31-14-6-5-7-15-31/h5-28,52-54H,4H2,1-3H3. The van der Waals surface area contributed by atoms with Crippen LogP contribution in [0.5, 0.6) is 17.2 Å². The summed E-state index contributed by atoms with van der Waals surface area (Å²) in [6.45, 7) is 5.60. The van der Waals surface area contributed by atoms with Crippen molar-refractivity contribution in [1.29, 1.82) is 0 Å². The summed E-state index contributed by atoms with van der Waals surface area (Å²) >= 11 is 0. The summed E-state index contributed by atoms with van der Waals surface area (Å²) in [5, 5.41) is 38.0. The lowest BCUT2D eigenvalue weighted by molar-refractivity contribution is 0.394. The van der Waals surface area contributed by atoms with Crippen molar-refractivity contribution in [1.82, 2.24) is 9.55 Å². The molecule has 0 radical (unpaired) electrons. The van der Waals surface area contributed by atoms with Crippen molar-refractivity contribution in [3.8, 4) is 67.4 Å². The van der Waals surface area contributed by atoms with Crippen molar-refractivity contribution in [3.63, 3.8) is 0 Å². The van der Waals surface area contributed by atoms with Crippen LogP contribution in [0, 0.1) is 13.8 Å². The van der Waals surface area contributed by atoms with E-state index in [2.05, 4.69) is 115 Å². The number of aryl methyl sites for hydroxylation is 1. The molecule has 8 aromatic carbocycles. The molecule has 54 heavy (non-hydrogen) atoms. The van der Waals surface area contributed by atoms with Crippen LogP contribution in [-0.4, -0.2) is 24.9 Å². The van der Waals surface area contributed by atoms with Gasteiger partial charge in [0.2, 0.25) is 0 Å². The number of fused-ring (bicyclic) bond motifs is 3. The zero-order chi connectivity index (χ0) is 37.1. The summed E-state index contributed by atoms with van der Waals surface area (Å²) in [5.74, 6) is 0.402. The Morgan fingerprint density at radius 3 is 1.83 bits per heavy atom. The van der Waals surface area contributed by atoms with Crippen LogP contribution < -0.4 is 0 Å². The Hall–Kier alpha value is -6.85. The zero-order valence-electron chi connectivity index (χ0n) is 30.3. The highest BCUT2D eigenvalue weighted by Gasteiger charge is 2.26. The van der Waals surface area contributed by atoms with E-state index in [1.807, 2.05) is 42.5 Å². The minimum absolute atomic E-state index is 0.0501. The number of benzene rings is 8. The summed E-state index contributed by atoms with van der Waals surface area (Å²) in [7, 11) is 0. The van der Waals surface area contributed by atoms with Gasteiger partial charge in [-0.1, -0.05) is 116 Å². The zero-order valence-corrected chi connectivity index (χ0v) is 30.3. The maximum atomic E-state index is 11.7. The summed E-state index contributed by atoms with van der Waals surface area (Å²) in [6.07, 6.45) is 0.813. The van der Waals surface area contributed by atoms with Gasteiger partial charge in [0.25, 0.3) is 0 Å². The highest BCUT2D eigenvalue weighted by atomic mass is 16.3. The molecular weight excluding hydrogens is 665 g/mol. The van der Waals surface area contributed by atoms with Crippen LogP contribution in [0.15, 0.2) is 146 Å². The Morgan fingerprint density at radius 1 is 0.463 bits per heavy atom. The second-order valence-electron chi connectivity index (χ2n) is 13.9. The Morgan fingerprint density at radius 2 is 1.06 bits per heavy atom. The third-order valence-corrected chi connectivity index (χ3v) is 10.9. The van der Waals surface area contributed by atoms with E-state index in [4.69, 9.17) is 4.98 Å². The Bertz CT molecular complexity index is 2900. The summed E-state index contributed by atoms with van der Waals surface area (Å²) in [6, 6.07) is 50.3. The van der Waals surface area contributed by atoms with Crippen molar-refractivity contribution in [2.24, 2.45) is 0 Å². The predicted molar refractivity (Wildman–Crippen MR) is 222 cm³/mol. The molecule has 0 atom stereocenters. The van der Waals surface area contributed by atoms with Crippen LogP contribution in [0.2, 0.25) is 0 Å². The number of aromatic hydroxyl groups is 3. The first-order valence-electron chi connectivity index (χ1n) is 18.3. The van der Waals surface area contributed by atoms with Crippen molar-refractivity contribution in [2.75, 3.05) is 0 Å². The van der Waals surface area contributed by atoms with Crippen LogP contribution in [0.4, 0.5) is 0 Å². The molecule has 1 heterocycles. The number of aromatic nitrogens is 2. The molecule has 0 fully saturated rings. The maximum Gasteiger partial charge on any atom is 0.169 e. The van der Waals surface area contributed by atoms with Crippen LogP contribution in [0.3, 0.4) is 0 Å². The van der Waals surface area contributed by atoms with Gasteiger partial charge in [-0.2, -0.15) is 0 Å². The Kier molecular flexibility index (Phi) is 7.93. The first-order chi connectivity index (χ1) is 26.3. The topological polar surface area (TPSA) is 78.5 Å². The predicted octanol–water partition coefficient (Wildman–Crippen LogP) is 12.3. The molecule has 0 aliphatic rings. The number of phenols is 3. The van der Waals surface area contributed by atoms with Gasteiger partial charge in [0.05, 0.1) is 16.6 Å². The minimum atomic E-state index is -0.335. The highest BCUT2D eigenvalue weighted by Crippen LogP contribution is 2.53. The second kappa shape index (κ2) is 13.0. The highest BCUT2D eigenvalue weighted by molar-refractivity contribution is 6.23. The fraction of sp³-hybridized carbons (Fsp3) is 0.0816. The van der Waals surface area contributed by atoms with Crippen molar-refractivity contribution >= 4 is 32.6 Å². The number of hydrogen-bond donors (Lipinski definition) is 3. The molecule has 5 heteroatoms. The number of nitrogens with zero attached hydrogens (tertiary/aromatic N) is 2. The Balaban J connectivity index is 1.30. The molecular formula is C49H38N2O3. The number of para-hydroxylation sites is 2. The lowest BCUT2D eigenvalue weighted by atomic mass is 9.83. The molecule has 0 unspecified atom stereocenters. The summed E-state index contributed by atoms with van der Waals surface area (Å²) < 4.78 is 2.25. The molecule has 5 nitrogen and oxygen atoms in total. The van der Waals surface area contributed by atoms with Gasteiger partial charge in [-0.15, -0.1) is 0 Å². The fourth-order valence-electron chi connectivity index (χ4n) is 8.04. The third-order valence-electron chi connectivity index (χ3n) is 10.9. The maximum absolute atomic E-state index is 11.7. The number of hydrogen-bond acceptors (Lipinski definition) is 4. The molecule has 0 bridgehead atoms. The normalized spacial score (nSPS) is 11.5. The van der Waals surface area contributed by atoms with Gasteiger partial charge in [0.15, 0.2) is 11.5 Å². The molecule has 9 aromatic rings. The number of rotatable bonds is 6. The van der Waals surface area contributed by atoms with Gasteiger partial charge in [-0.05, 0) is 111 Å². The largest absolute Gasteiger partial charge is 0.507 e. The average Bonchev–Trinajstić information content (AvgIpc) is 3.61. The smallest absolute Gasteiger partial charge is 0.169 e. The summed E-state index contributed by atoms with van der Waals surface area (Å²) in [4.78, 5) is 4.92. The lowest BCUT2D eigenvalue weighted by Crippen LogP contribution is -2.00. The SMILES string of the molecule is CCc1nc2ccccc2n1-c1cccc(-c2cccc(-c3c4ccccc4c(-c4c(O)c(C)c(C)c(O)c4O)c4cc(-c5ccccc5)ccc34)c2)c1. The fourth-order valence-corrected chi connectivity index (χ4v) is 8.04. The lowest BCUT2D eigenvalue weighted by Gasteiger charge is -2.21. The van der Waals surface area contributed by atoms with Gasteiger partial charge < -0.3 is 15.3 Å². The van der Waals surface area contributed by atoms with Crippen molar-refractivity contribution in [3.05, 3.63) is 163 Å². The summed E-state index contributed by atoms with van der Waals surface area (Å²) in [5.41, 5.74) is 11.3. The first-order valence-corrected chi connectivity index (χ1v) is 18.3. The van der Waals surface area contributed by atoms with E-state index in [-0.39, 0.29) is 22.8 Å². The molecule has 0 saturated heterocycles. The van der Waals surface area contributed by atoms with E-state index in [9.17, 15) is 15.3 Å². The molecule has 0 aliphatic heterocycles. The van der Waals surface area contributed by atoms with E-state index in [0.717, 1.165) is 83.9 Å². The third kappa shape index (κ3) is 5.20. The molecule has 0 amide bonds. The van der Waals surface area contributed by atoms with Crippen LogP contribution in [0.1, 0.15) is 23.9 Å². The van der Waals surface area contributed by atoms with Gasteiger partial charge in [-0.3, -0.25) is 4.57 Å². The van der Waals surface area contributed by atoms with Crippen LogP contribution in [-0.2, 0) is 6.42 Å². The van der Waals surface area contributed by atoms with E-state index in [0.29, 0.717) is 16.7 Å². The molecule has 0 saturated carbocycles. The second-order valence-corrected chi connectivity index (χ2v) is 13.9. The van der Waals surface area contributed by atoms with E-state index >= 15 is 0 Å². The first kappa shape index (κ1) is 33.0. The molecule has 9 rings (SSSR count).